The molecule has 2 atom stereocenters. The van der Waals surface area contributed by atoms with Gasteiger partial charge in [0.2, 0.25) is 5.91 Å². The van der Waals surface area contributed by atoms with Crippen molar-refractivity contribution in [1.82, 2.24) is 14.8 Å². The predicted octanol–water partition coefficient (Wildman–Crippen LogP) is 2.52. The molecule has 1 amide bonds. The molecule has 0 spiro atoms. The lowest BCUT2D eigenvalue weighted by Crippen LogP contribution is -2.36. The lowest BCUT2D eigenvalue weighted by molar-refractivity contribution is -0.129. The molecule has 2 aliphatic rings. The number of thiophene rings is 1. The van der Waals surface area contributed by atoms with Crippen LogP contribution in [0.4, 0.5) is 0 Å². The summed E-state index contributed by atoms with van der Waals surface area (Å²) in [6.07, 6.45) is 5.38. The molecular weight excluding hydrogens is 294 g/mol. The van der Waals surface area contributed by atoms with Crippen LogP contribution in [0.3, 0.4) is 0 Å². The summed E-state index contributed by atoms with van der Waals surface area (Å²) >= 11 is 1.80. The van der Waals surface area contributed by atoms with Gasteiger partial charge in [-0.1, -0.05) is 12.1 Å². The first-order valence-corrected chi connectivity index (χ1v) is 8.64. The molecule has 2 aromatic heterocycles. The van der Waals surface area contributed by atoms with Gasteiger partial charge in [-0.15, -0.1) is 11.3 Å². The maximum atomic E-state index is 12.4. The molecule has 4 heterocycles. The van der Waals surface area contributed by atoms with Crippen LogP contribution in [0.2, 0.25) is 0 Å². The molecule has 0 N–H and O–H groups in total. The largest absolute Gasteiger partial charge is 0.334 e. The molecule has 2 aromatic rings. The van der Waals surface area contributed by atoms with Crippen LogP contribution in [0.15, 0.2) is 42.0 Å². The first-order chi connectivity index (χ1) is 10.8. The summed E-state index contributed by atoms with van der Waals surface area (Å²) < 4.78 is 0. The third-order valence-electron chi connectivity index (χ3n) is 4.74. The van der Waals surface area contributed by atoms with Gasteiger partial charge in [0.1, 0.15) is 0 Å². The minimum absolute atomic E-state index is 0.287. The molecule has 5 heteroatoms. The number of aromatic nitrogens is 1. The maximum absolute atomic E-state index is 12.4. The highest BCUT2D eigenvalue weighted by molar-refractivity contribution is 7.09. The van der Waals surface area contributed by atoms with Crippen LogP contribution in [0, 0.1) is 0 Å². The van der Waals surface area contributed by atoms with Gasteiger partial charge < -0.3 is 4.90 Å². The Hall–Kier alpha value is -1.72. The molecule has 4 nitrogen and oxygen atoms in total. The van der Waals surface area contributed by atoms with Crippen molar-refractivity contribution in [2.75, 3.05) is 6.54 Å². The van der Waals surface area contributed by atoms with E-state index in [-0.39, 0.29) is 5.91 Å². The second-order valence-electron chi connectivity index (χ2n) is 6.06. The van der Waals surface area contributed by atoms with E-state index in [0.717, 1.165) is 25.1 Å². The summed E-state index contributed by atoms with van der Waals surface area (Å²) in [5.41, 5.74) is 1.12. The molecule has 0 saturated carbocycles. The molecule has 2 saturated heterocycles. The van der Waals surface area contributed by atoms with Crippen LogP contribution in [0.1, 0.15) is 23.3 Å². The van der Waals surface area contributed by atoms with Gasteiger partial charge in [0, 0.05) is 55.4 Å². The van der Waals surface area contributed by atoms with Crippen LogP contribution in [-0.4, -0.2) is 39.3 Å². The van der Waals surface area contributed by atoms with E-state index in [1.54, 1.807) is 17.5 Å². The van der Waals surface area contributed by atoms with E-state index in [0.29, 0.717) is 25.0 Å². The van der Waals surface area contributed by atoms with Crippen molar-refractivity contribution in [3.05, 3.63) is 52.5 Å². The van der Waals surface area contributed by atoms with Crippen molar-refractivity contribution in [3.63, 3.8) is 0 Å². The molecule has 114 valence electrons. The summed E-state index contributed by atoms with van der Waals surface area (Å²) in [5.74, 6) is 0.287. The van der Waals surface area contributed by atoms with Gasteiger partial charge in [0.05, 0.1) is 0 Å². The third-order valence-corrected chi connectivity index (χ3v) is 5.61. The molecular formula is C17H19N3OS. The van der Waals surface area contributed by atoms with Gasteiger partial charge in [-0.25, -0.2) is 0 Å². The van der Waals surface area contributed by atoms with Gasteiger partial charge in [-0.2, -0.15) is 0 Å². The number of rotatable bonds is 4. The Kier molecular flexibility index (Phi) is 3.68. The van der Waals surface area contributed by atoms with E-state index in [2.05, 4.69) is 32.3 Å². The normalized spacial score (nSPS) is 24.9. The van der Waals surface area contributed by atoms with E-state index >= 15 is 0 Å². The minimum Gasteiger partial charge on any atom is -0.334 e. The van der Waals surface area contributed by atoms with Crippen LogP contribution in [0.5, 0.6) is 0 Å². The smallest absolute Gasteiger partial charge is 0.224 e. The van der Waals surface area contributed by atoms with Crippen molar-refractivity contribution in [1.29, 1.82) is 0 Å². The van der Waals surface area contributed by atoms with Gasteiger partial charge in [-0.05, 0) is 29.5 Å². The van der Waals surface area contributed by atoms with Crippen LogP contribution < -0.4 is 0 Å². The van der Waals surface area contributed by atoms with E-state index in [1.807, 2.05) is 18.3 Å². The predicted molar refractivity (Wildman–Crippen MR) is 86.3 cm³/mol. The van der Waals surface area contributed by atoms with Crippen molar-refractivity contribution in [2.45, 2.75) is 38.0 Å². The second-order valence-corrected chi connectivity index (χ2v) is 7.09. The minimum atomic E-state index is 0.287. The number of hydrogen-bond donors (Lipinski definition) is 0. The third kappa shape index (κ3) is 2.55. The van der Waals surface area contributed by atoms with Crippen LogP contribution in [0.25, 0.3) is 0 Å². The molecule has 0 radical (unpaired) electrons. The van der Waals surface area contributed by atoms with E-state index in [9.17, 15) is 4.79 Å². The highest BCUT2D eigenvalue weighted by Crippen LogP contribution is 2.34. The number of hydrogen-bond acceptors (Lipinski definition) is 4. The first-order valence-electron chi connectivity index (χ1n) is 7.76. The monoisotopic (exact) mass is 313 g/mol. The summed E-state index contributed by atoms with van der Waals surface area (Å²) in [7, 11) is 0. The molecule has 0 aromatic carbocycles. The molecule has 2 fully saturated rings. The topological polar surface area (TPSA) is 36.4 Å². The van der Waals surface area contributed by atoms with Gasteiger partial charge in [-0.3, -0.25) is 14.7 Å². The molecule has 2 aliphatic heterocycles. The van der Waals surface area contributed by atoms with Gasteiger partial charge >= 0.3 is 0 Å². The number of fused-ring (bicyclic) bond motifs is 1. The summed E-state index contributed by atoms with van der Waals surface area (Å²) in [5, 5.41) is 2.12. The molecule has 0 aliphatic carbocycles. The standard InChI is InChI=1S/C17H19N3OS/c21-17-9-16-15(20(17)11-13-3-1-6-18-10-13)5-7-19(16)12-14-4-2-8-22-14/h1-4,6,8,10,15-16H,5,7,9,11-12H2/t15-,16+/m1/s1. The van der Waals surface area contributed by atoms with Crippen LogP contribution in [-0.2, 0) is 17.9 Å². The Morgan fingerprint density at radius 1 is 1.23 bits per heavy atom. The SMILES string of the molecule is O=C1C[C@H]2[C@@H](CCN2Cc2cccs2)N1Cc1cccnc1. The number of carbonyl (C=O) groups is 1. The average Bonchev–Trinajstić information content (AvgIpc) is 3.23. The lowest BCUT2D eigenvalue weighted by Gasteiger charge is -2.25. The Balaban J connectivity index is 1.47. The average molecular weight is 313 g/mol. The first kappa shape index (κ1) is 13.9. The molecule has 0 bridgehead atoms. The van der Waals surface area contributed by atoms with E-state index in [1.165, 1.54) is 4.88 Å². The maximum Gasteiger partial charge on any atom is 0.224 e. The Bertz CT molecular complexity index is 643. The van der Waals surface area contributed by atoms with E-state index in [4.69, 9.17) is 0 Å². The van der Waals surface area contributed by atoms with E-state index < -0.39 is 0 Å². The summed E-state index contributed by atoms with van der Waals surface area (Å²) in [6.45, 7) is 2.76. The van der Waals surface area contributed by atoms with Crippen molar-refractivity contribution in [2.24, 2.45) is 0 Å². The lowest BCUT2D eigenvalue weighted by atomic mass is 10.1. The summed E-state index contributed by atoms with van der Waals surface area (Å²) in [6, 6.07) is 9.01. The zero-order valence-electron chi connectivity index (χ0n) is 12.4. The van der Waals surface area contributed by atoms with Crippen molar-refractivity contribution >= 4 is 17.2 Å². The zero-order valence-corrected chi connectivity index (χ0v) is 13.2. The highest BCUT2D eigenvalue weighted by Gasteiger charge is 2.46. The Labute approximate surface area is 134 Å². The van der Waals surface area contributed by atoms with Gasteiger partial charge in [0.25, 0.3) is 0 Å². The number of amides is 1. The Morgan fingerprint density at radius 2 is 2.18 bits per heavy atom. The highest BCUT2D eigenvalue weighted by atomic mass is 32.1. The number of pyridine rings is 1. The fraction of sp³-hybridized carbons (Fsp3) is 0.412. The second kappa shape index (κ2) is 5.82. The molecule has 0 unspecified atom stereocenters. The van der Waals surface area contributed by atoms with Gasteiger partial charge in [0.15, 0.2) is 0 Å². The molecule has 4 rings (SSSR count). The number of carbonyl (C=O) groups excluding carboxylic acids is 1. The number of likely N-dealkylation sites (tertiary alicyclic amines) is 2. The van der Waals surface area contributed by atoms with Crippen LogP contribution >= 0.6 is 11.3 Å². The fourth-order valence-corrected chi connectivity index (χ4v) is 4.43. The fourth-order valence-electron chi connectivity index (χ4n) is 3.70. The van der Waals surface area contributed by atoms with Crippen molar-refractivity contribution in [3.8, 4) is 0 Å². The van der Waals surface area contributed by atoms with Crippen molar-refractivity contribution < 1.29 is 4.79 Å². The quantitative estimate of drug-likeness (QED) is 0.870. The number of nitrogens with zero attached hydrogens (tertiary/aromatic N) is 3. The molecule has 22 heavy (non-hydrogen) atoms. The Morgan fingerprint density at radius 3 is 2.95 bits per heavy atom. The zero-order chi connectivity index (χ0) is 14.9. The summed E-state index contributed by atoms with van der Waals surface area (Å²) in [4.78, 5) is 22.5.